The van der Waals surface area contributed by atoms with Gasteiger partial charge in [-0.2, -0.15) is 0 Å². The molecule has 3 rings (SSSR count). The van der Waals surface area contributed by atoms with Crippen molar-refractivity contribution in [2.45, 2.75) is 40.0 Å². The number of unbranched alkanes of at least 4 members (excludes halogenated alkanes) is 2. The summed E-state index contributed by atoms with van der Waals surface area (Å²) in [6.45, 7) is 13.8. The number of imidazole rings is 1. The number of fused-ring (bicyclic) bond motifs is 1. The molecular formula is C22H29ClN4. The molecule has 0 aliphatic carbocycles. The van der Waals surface area contributed by atoms with Gasteiger partial charge in [-0.1, -0.05) is 50.1 Å². The number of hydrogen-bond acceptors (Lipinski definition) is 3. The maximum atomic E-state index is 6.04. The first-order valence-electron chi connectivity index (χ1n) is 9.87. The van der Waals surface area contributed by atoms with Crippen LogP contribution in [0.25, 0.3) is 17.0 Å². The molecule has 0 atom stereocenters. The maximum Gasteiger partial charge on any atom is 0.216 e. The van der Waals surface area contributed by atoms with Crippen molar-refractivity contribution in [2.24, 2.45) is 0 Å². The fourth-order valence-electron chi connectivity index (χ4n) is 3.47. The second-order valence-corrected chi connectivity index (χ2v) is 7.26. The molecule has 1 aromatic carbocycles. The molecule has 0 N–H and O–H groups in total. The summed E-state index contributed by atoms with van der Waals surface area (Å²) in [6.07, 6.45) is 7.82. The molecule has 0 saturated heterocycles. The molecule has 4 nitrogen and oxygen atoms in total. The first-order valence-corrected chi connectivity index (χ1v) is 10.3. The summed E-state index contributed by atoms with van der Waals surface area (Å²) >= 11 is 6.04. The van der Waals surface area contributed by atoms with Gasteiger partial charge in [0.05, 0.1) is 5.69 Å². The largest absolute Gasteiger partial charge is 0.358 e. The number of benzene rings is 1. The molecule has 1 aromatic heterocycles. The molecule has 1 aliphatic rings. The van der Waals surface area contributed by atoms with Gasteiger partial charge in [-0.05, 0) is 32.4 Å². The van der Waals surface area contributed by atoms with Crippen molar-refractivity contribution in [3.63, 3.8) is 0 Å². The molecule has 5 heteroatoms. The van der Waals surface area contributed by atoms with Gasteiger partial charge < -0.3 is 4.90 Å². The lowest BCUT2D eigenvalue weighted by Gasteiger charge is -2.37. The number of nitrogens with zero attached hydrogens (tertiary/aromatic N) is 4. The van der Waals surface area contributed by atoms with Crippen molar-refractivity contribution in [3.8, 4) is 11.3 Å². The van der Waals surface area contributed by atoms with E-state index in [2.05, 4.69) is 54.0 Å². The lowest BCUT2D eigenvalue weighted by atomic mass is 10.2. The average Bonchev–Trinajstić information content (AvgIpc) is 3.12. The Balaban J connectivity index is 2.00. The number of hydrogen-bond donors (Lipinski definition) is 0. The van der Waals surface area contributed by atoms with E-state index in [1.54, 1.807) is 0 Å². The van der Waals surface area contributed by atoms with E-state index in [0.717, 1.165) is 54.0 Å². The first-order chi connectivity index (χ1) is 13.1. The Morgan fingerprint density at radius 2 is 1.78 bits per heavy atom. The molecule has 1 aliphatic heterocycles. The van der Waals surface area contributed by atoms with E-state index in [-0.39, 0.29) is 0 Å². The van der Waals surface area contributed by atoms with E-state index in [4.69, 9.17) is 16.6 Å². The third kappa shape index (κ3) is 4.06. The lowest BCUT2D eigenvalue weighted by molar-refractivity contribution is 0.364. The average molecular weight is 385 g/mol. The quantitative estimate of drug-likeness (QED) is 0.532. The van der Waals surface area contributed by atoms with E-state index in [9.17, 15) is 0 Å². The Morgan fingerprint density at radius 3 is 2.41 bits per heavy atom. The minimum absolute atomic E-state index is 0.735. The van der Waals surface area contributed by atoms with Crippen molar-refractivity contribution in [1.82, 2.24) is 14.5 Å². The van der Waals surface area contributed by atoms with E-state index in [1.165, 1.54) is 18.7 Å². The minimum atomic E-state index is 0.735. The normalized spacial score (nSPS) is 13.6. The number of anilines is 1. The summed E-state index contributed by atoms with van der Waals surface area (Å²) in [5, 5.41) is 0.735. The van der Waals surface area contributed by atoms with Gasteiger partial charge in [-0.3, -0.25) is 9.47 Å². The van der Waals surface area contributed by atoms with Crippen LogP contribution < -0.4 is 4.90 Å². The van der Waals surface area contributed by atoms with Crippen LogP contribution in [0.2, 0.25) is 5.02 Å². The zero-order chi connectivity index (χ0) is 19.4. The van der Waals surface area contributed by atoms with Gasteiger partial charge in [-0.15, -0.1) is 0 Å². The highest BCUT2D eigenvalue weighted by Crippen LogP contribution is 2.34. The molecule has 144 valence electrons. The molecule has 0 amide bonds. The summed E-state index contributed by atoms with van der Waals surface area (Å²) < 4.78 is 2.10. The standard InChI is InChI=1S/C22H29ClN4/c1-5-8-9-14-26-21(25(6-2)7-3)15-17(4)27-16-20(24-22(26)27)18-10-12-19(23)13-11-18/h10-13,15-16H,4-9,14H2,1-3H3. The maximum absolute atomic E-state index is 6.04. The predicted molar refractivity (Wildman–Crippen MR) is 116 cm³/mol. The van der Waals surface area contributed by atoms with Crippen LogP contribution in [0, 0.1) is 0 Å². The Bertz CT molecular complexity index is 815. The van der Waals surface area contributed by atoms with Gasteiger partial charge in [-0.25, -0.2) is 4.98 Å². The van der Waals surface area contributed by atoms with Gasteiger partial charge in [0, 0.05) is 48.2 Å². The van der Waals surface area contributed by atoms with Gasteiger partial charge in [0.25, 0.3) is 0 Å². The van der Waals surface area contributed by atoms with E-state index in [1.807, 2.05) is 24.3 Å². The van der Waals surface area contributed by atoms with Crippen molar-refractivity contribution in [1.29, 1.82) is 0 Å². The van der Waals surface area contributed by atoms with Crippen LogP contribution in [0.3, 0.4) is 0 Å². The van der Waals surface area contributed by atoms with Crippen molar-refractivity contribution < 1.29 is 0 Å². The van der Waals surface area contributed by atoms with E-state index in [0.29, 0.717) is 0 Å². The van der Waals surface area contributed by atoms with Gasteiger partial charge in [0.2, 0.25) is 5.95 Å². The fraction of sp³-hybridized carbons (Fsp3) is 0.409. The van der Waals surface area contributed by atoms with Crippen LogP contribution in [0.1, 0.15) is 40.0 Å². The van der Waals surface area contributed by atoms with Crippen molar-refractivity contribution in [3.05, 3.63) is 54.0 Å². The smallest absolute Gasteiger partial charge is 0.216 e. The van der Waals surface area contributed by atoms with Crippen LogP contribution >= 0.6 is 11.6 Å². The molecule has 0 fully saturated rings. The highest BCUT2D eigenvalue weighted by molar-refractivity contribution is 6.30. The highest BCUT2D eigenvalue weighted by atomic mass is 35.5. The van der Waals surface area contributed by atoms with Crippen LogP contribution in [0.4, 0.5) is 5.95 Å². The molecule has 0 radical (unpaired) electrons. The third-order valence-corrected chi connectivity index (χ3v) is 5.28. The number of allylic oxidation sites excluding steroid dienone is 2. The minimum Gasteiger partial charge on any atom is -0.358 e. The molecule has 27 heavy (non-hydrogen) atoms. The van der Waals surface area contributed by atoms with E-state index < -0.39 is 0 Å². The monoisotopic (exact) mass is 384 g/mol. The van der Waals surface area contributed by atoms with Gasteiger partial charge in [0.15, 0.2) is 0 Å². The van der Waals surface area contributed by atoms with Crippen LogP contribution in [0.15, 0.2) is 48.9 Å². The van der Waals surface area contributed by atoms with Gasteiger partial charge >= 0.3 is 0 Å². The zero-order valence-corrected chi connectivity index (χ0v) is 17.3. The SMILES string of the molecule is C=C1C=C(N(CC)CC)N(CCCCC)c2nc(-c3ccc(Cl)cc3)cn21. The molecule has 0 spiro atoms. The first kappa shape index (κ1) is 19.6. The Hall–Kier alpha value is -2.20. The van der Waals surface area contributed by atoms with Gasteiger partial charge in [0.1, 0.15) is 5.82 Å². The van der Waals surface area contributed by atoms with Crippen LogP contribution in [-0.2, 0) is 0 Å². The Labute approximate surface area is 167 Å². The zero-order valence-electron chi connectivity index (χ0n) is 16.6. The molecule has 0 bridgehead atoms. The highest BCUT2D eigenvalue weighted by Gasteiger charge is 2.27. The van der Waals surface area contributed by atoms with E-state index >= 15 is 0 Å². The van der Waals surface area contributed by atoms with Crippen LogP contribution in [-0.4, -0.2) is 34.1 Å². The summed E-state index contributed by atoms with van der Waals surface area (Å²) in [5.74, 6) is 2.15. The Kier molecular flexibility index (Phi) is 6.27. The summed E-state index contributed by atoms with van der Waals surface area (Å²) in [4.78, 5) is 9.70. The fourth-order valence-corrected chi connectivity index (χ4v) is 3.60. The molecule has 2 heterocycles. The van der Waals surface area contributed by atoms with Crippen LogP contribution in [0.5, 0.6) is 0 Å². The second-order valence-electron chi connectivity index (χ2n) is 6.83. The number of halogens is 1. The lowest BCUT2D eigenvalue weighted by Crippen LogP contribution is -2.39. The predicted octanol–water partition coefficient (Wildman–Crippen LogP) is 5.87. The topological polar surface area (TPSA) is 24.3 Å². The second kappa shape index (κ2) is 8.66. The molecule has 0 saturated carbocycles. The molecule has 0 unspecified atom stereocenters. The number of aromatic nitrogens is 2. The van der Waals surface area contributed by atoms with Crippen molar-refractivity contribution in [2.75, 3.05) is 24.5 Å². The van der Waals surface area contributed by atoms with Crippen molar-refractivity contribution >= 4 is 23.2 Å². The summed E-state index contributed by atoms with van der Waals surface area (Å²) in [5.41, 5.74) is 2.95. The number of rotatable bonds is 8. The summed E-state index contributed by atoms with van der Waals surface area (Å²) in [7, 11) is 0. The Morgan fingerprint density at radius 1 is 1.07 bits per heavy atom. The molecule has 2 aromatic rings. The molecular weight excluding hydrogens is 356 g/mol. The third-order valence-electron chi connectivity index (χ3n) is 5.02. The summed E-state index contributed by atoms with van der Waals surface area (Å²) in [6, 6.07) is 7.84.